The molecule has 2 amide bonds. The number of carbonyl (C=O) groups is 1. The van der Waals surface area contributed by atoms with E-state index in [1.54, 1.807) is 6.92 Å². The van der Waals surface area contributed by atoms with Crippen LogP contribution in [0.3, 0.4) is 0 Å². The maximum absolute atomic E-state index is 11.4. The number of hydrogen-bond acceptors (Lipinski definition) is 2. The number of amides is 2. The maximum atomic E-state index is 11.4. The number of nitrogens with one attached hydrogen (secondary N) is 2. The van der Waals surface area contributed by atoms with Crippen molar-refractivity contribution in [3.63, 3.8) is 0 Å². The van der Waals surface area contributed by atoms with Gasteiger partial charge in [-0.15, -0.1) is 0 Å². The van der Waals surface area contributed by atoms with Crippen LogP contribution in [0, 0.1) is 0 Å². The van der Waals surface area contributed by atoms with Crippen LogP contribution in [0.1, 0.15) is 52.9 Å². The Morgan fingerprint density at radius 3 is 2.50 bits per heavy atom. The Hall–Kier alpha value is -0.770. The first-order valence-corrected chi connectivity index (χ1v) is 6.28. The highest BCUT2D eigenvalue weighted by Crippen LogP contribution is 2.02. The minimum atomic E-state index is -0.359. The van der Waals surface area contributed by atoms with Crippen molar-refractivity contribution in [2.45, 2.75) is 65.0 Å². The molecule has 0 aliphatic rings. The number of hydrogen-bond donors (Lipinski definition) is 3. The van der Waals surface area contributed by atoms with Crippen molar-refractivity contribution >= 4 is 6.03 Å². The summed E-state index contributed by atoms with van der Waals surface area (Å²) in [6, 6.07) is 0.0859. The topological polar surface area (TPSA) is 61.4 Å². The molecule has 2 atom stereocenters. The first kappa shape index (κ1) is 15.2. The molecule has 0 aromatic carbocycles. The second kappa shape index (κ2) is 9.46. The molecule has 0 radical (unpaired) electrons. The van der Waals surface area contributed by atoms with Crippen LogP contribution in [0.4, 0.5) is 4.79 Å². The van der Waals surface area contributed by atoms with Gasteiger partial charge in [0, 0.05) is 12.6 Å². The van der Waals surface area contributed by atoms with Crippen LogP contribution in [-0.4, -0.2) is 29.8 Å². The van der Waals surface area contributed by atoms with Gasteiger partial charge < -0.3 is 15.7 Å². The lowest BCUT2D eigenvalue weighted by Crippen LogP contribution is -2.41. The molecule has 0 aliphatic carbocycles. The fraction of sp³-hybridized carbons (Fsp3) is 0.917. The molecule has 16 heavy (non-hydrogen) atoms. The van der Waals surface area contributed by atoms with Gasteiger partial charge in [-0.3, -0.25) is 0 Å². The molecule has 0 saturated heterocycles. The summed E-state index contributed by atoms with van der Waals surface area (Å²) in [5, 5.41) is 14.6. The van der Waals surface area contributed by atoms with Gasteiger partial charge in [-0.25, -0.2) is 4.79 Å². The lowest BCUT2D eigenvalue weighted by atomic mass is 10.1. The van der Waals surface area contributed by atoms with Gasteiger partial charge in [0.25, 0.3) is 0 Å². The van der Waals surface area contributed by atoms with Gasteiger partial charge in [0.1, 0.15) is 0 Å². The third kappa shape index (κ3) is 9.77. The zero-order valence-electron chi connectivity index (χ0n) is 10.8. The summed E-state index contributed by atoms with van der Waals surface area (Å²) in [4.78, 5) is 11.4. The molecule has 96 valence electrons. The number of urea groups is 1. The lowest BCUT2D eigenvalue weighted by molar-refractivity contribution is 0.183. The van der Waals surface area contributed by atoms with E-state index in [9.17, 15) is 4.79 Å². The summed E-state index contributed by atoms with van der Waals surface area (Å²) in [6.45, 7) is 6.42. The predicted molar refractivity (Wildman–Crippen MR) is 66.4 cm³/mol. The van der Waals surface area contributed by atoms with E-state index >= 15 is 0 Å². The fourth-order valence-electron chi connectivity index (χ4n) is 1.44. The van der Waals surface area contributed by atoms with E-state index in [0.29, 0.717) is 13.0 Å². The Kier molecular flexibility index (Phi) is 9.00. The molecule has 0 bridgehead atoms. The third-order valence-corrected chi connectivity index (χ3v) is 2.47. The molecule has 0 spiro atoms. The highest BCUT2D eigenvalue weighted by atomic mass is 16.3. The van der Waals surface area contributed by atoms with E-state index < -0.39 is 0 Å². The van der Waals surface area contributed by atoms with Crippen LogP contribution < -0.4 is 10.6 Å². The molecule has 0 aromatic rings. The second-order valence-electron chi connectivity index (χ2n) is 4.43. The van der Waals surface area contributed by atoms with E-state index in [0.717, 1.165) is 12.8 Å². The fourth-order valence-corrected chi connectivity index (χ4v) is 1.44. The summed E-state index contributed by atoms with van der Waals surface area (Å²) in [5.74, 6) is 0. The van der Waals surface area contributed by atoms with Crippen molar-refractivity contribution in [2.75, 3.05) is 6.54 Å². The smallest absolute Gasteiger partial charge is 0.314 e. The van der Waals surface area contributed by atoms with Crippen LogP contribution in [0.25, 0.3) is 0 Å². The number of unbranched alkanes of at least 4 members (excludes halogenated alkanes) is 2. The molecule has 0 aromatic heterocycles. The van der Waals surface area contributed by atoms with Crippen molar-refractivity contribution in [3.05, 3.63) is 0 Å². The van der Waals surface area contributed by atoms with E-state index in [2.05, 4.69) is 17.6 Å². The molecule has 0 saturated carbocycles. The molecule has 0 aliphatic heterocycles. The summed E-state index contributed by atoms with van der Waals surface area (Å²) >= 11 is 0. The van der Waals surface area contributed by atoms with Gasteiger partial charge in [0.2, 0.25) is 0 Å². The van der Waals surface area contributed by atoms with Crippen LogP contribution in [-0.2, 0) is 0 Å². The number of carbonyl (C=O) groups excluding carboxylic acids is 1. The van der Waals surface area contributed by atoms with Crippen molar-refractivity contribution < 1.29 is 9.90 Å². The normalized spacial score (nSPS) is 14.2. The summed E-state index contributed by atoms with van der Waals surface area (Å²) in [5.41, 5.74) is 0. The molecule has 0 rings (SSSR count). The van der Waals surface area contributed by atoms with Gasteiger partial charge >= 0.3 is 6.03 Å². The van der Waals surface area contributed by atoms with E-state index in [1.807, 2.05) is 6.92 Å². The zero-order valence-corrected chi connectivity index (χ0v) is 10.8. The van der Waals surface area contributed by atoms with Crippen molar-refractivity contribution in [2.24, 2.45) is 0 Å². The predicted octanol–water partition coefficient (Wildman–Crippen LogP) is 2.03. The Morgan fingerprint density at radius 2 is 1.94 bits per heavy atom. The Balaban J connectivity index is 3.46. The van der Waals surface area contributed by atoms with Crippen molar-refractivity contribution in [3.8, 4) is 0 Å². The summed E-state index contributed by atoms with van der Waals surface area (Å²) in [7, 11) is 0. The highest BCUT2D eigenvalue weighted by Gasteiger charge is 2.06. The lowest BCUT2D eigenvalue weighted by Gasteiger charge is -2.14. The molecule has 0 fully saturated rings. The van der Waals surface area contributed by atoms with Gasteiger partial charge in [-0.05, 0) is 26.7 Å². The molecule has 2 unspecified atom stereocenters. The Morgan fingerprint density at radius 1 is 1.25 bits per heavy atom. The van der Waals surface area contributed by atoms with Gasteiger partial charge in [0.15, 0.2) is 0 Å². The molecule has 0 heterocycles. The zero-order chi connectivity index (χ0) is 12.4. The van der Waals surface area contributed by atoms with Crippen molar-refractivity contribution in [1.29, 1.82) is 0 Å². The largest absolute Gasteiger partial charge is 0.393 e. The number of rotatable bonds is 8. The molecule has 4 heteroatoms. The third-order valence-electron chi connectivity index (χ3n) is 2.47. The van der Waals surface area contributed by atoms with Crippen LogP contribution in [0.5, 0.6) is 0 Å². The average molecular weight is 230 g/mol. The van der Waals surface area contributed by atoms with Gasteiger partial charge in [-0.1, -0.05) is 26.2 Å². The Labute approximate surface area is 98.8 Å². The second-order valence-corrected chi connectivity index (χ2v) is 4.43. The standard InChI is InChI=1S/C12H26N2O2/c1-4-5-6-7-10(2)14-12(16)13-9-8-11(3)15/h10-11,15H,4-9H2,1-3H3,(H2,13,14,16). The number of aliphatic hydroxyl groups is 1. The molecule has 3 N–H and O–H groups in total. The molecular weight excluding hydrogens is 204 g/mol. The quantitative estimate of drug-likeness (QED) is 0.559. The summed E-state index contributed by atoms with van der Waals surface area (Å²) < 4.78 is 0. The SMILES string of the molecule is CCCCCC(C)NC(=O)NCCC(C)O. The van der Waals surface area contributed by atoms with E-state index in [4.69, 9.17) is 5.11 Å². The van der Waals surface area contributed by atoms with Crippen LogP contribution in [0.2, 0.25) is 0 Å². The summed E-state index contributed by atoms with van der Waals surface area (Å²) in [6.07, 6.45) is 4.84. The molecular formula is C12H26N2O2. The first-order chi connectivity index (χ1) is 7.56. The average Bonchev–Trinajstić information content (AvgIpc) is 2.17. The van der Waals surface area contributed by atoms with Crippen LogP contribution >= 0.6 is 0 Å². The molecule has 4 nitrogen and oxygen atoms in total. The van der Waals surface area contributed by atoms with E-state index in [-0.39, 0.29) is 18.2 Å². The number of aliphatic hydroxyl groups excluding tert-OH is 1. The first-order valence-electron chi connectivity index (χ1n) is 6.28. The van der Waals surface area contributed by atoms with Crippen LogP contribution in [0.15, 0.2) is 0 Å². The maximum Gasteiger partial charge on any atom is 0.314 e. The monoisotopic (exact) mass is 230 g/mol. The minimum absolute atomic E-state index is 0.135. The van der Waals surface area contributed by atoms with Crippen molar-refractivity contribution in [1.82, 2.24) is 10.6 Å². The highest BCUT2D eigenvalue weighted by molar-refractivity contribution is 5.74. The van der Waals surface area contributed by atoms with E-state index in [1.165, 1.54) is 12.8 Å². The minimum Gasteiger partial charge on any atom is -0.393 e. The van der Waals surface area contributed by atoms with Gasteiger partial charge in [0.05, 0.1) is 6.10 Å². The van der Waals surface area contributed by atoms with Gasteiger partial charge in [-0.2, -0.15) is 0 Å². The Bertz CT molecular complexity index is 184.